The van der Waals surface area contributed by atoms with Crippen LogP contribution in [-0.2, 0) is 4.79 Å². The molecule has 1 saturated heterocycles. The third kappa shape index (κ3) is 2.61. The van der Waals surface area contributed by atoms with Crippen LogP contribution in [0.5, 0.6) is 0 Å². The van der Waals surface area contributed by atoms with Gasteiger partial charge < -0.3 is 10.4 Å². The van der Waals surface area contributed by atoms with Gasteiger partial charge in [-0.2, -0.15) is 0 Å². The van der Waals surface area contributed by atoms with Gasteiger partial charge in [0.2, 0.25) is 0 Å². The molecule has 3 amide bonds. The molecular weight excluding hydrogens is 244 g/mol. The summed E-state index contributed by atoms with van der Waals surface area (Å²) in [6.45, 7) is 4.74. The molecule has 0 bridgehead atoms. The zero-order valence-electron chi connectivity index (χ0n) is 11.8. The minimum atomic E-state index is -0.655. The fourth-order valence-electron chi connectivity index (χ4n) is 3.25. The lowest BCUT2D eigenvalue weighted by Gasteiger charge is -2.36. The Hall–Kier alpha value is -1.10. The number of carbonyl (C=O) groups excluding carboxylic acids is 2. The van der Waals surface area contributed by atoms with Crippen molar-refractivity contribution >= 4 is 11.9 Å². The monoisotopic (exact) mass is 268 g/mol. The van der Waals surface area contributed by atoms with Gasteiger partial charge in [-0.3, -0.25) is 9.69 Å². The Morgan fingerprint density at radius 1 is 1.37 bits per heavy atom. The van der Waals surface area contributed by atoms with E-state index in [0.717, 1.165) is 25.7 Å². The number of aliphatic hydroxyl groups is 1. The average molecular weight is 268 g/mol. The highest BCUT2D eigenvalue weighted by atomic mass is 16.3. The summed E-state index contributed by atoms with van der Waals surface area (Å²) >= 11 is 0. The Kier molecular flexibility index (Phi) is 4.13. The summed E-state index contributed by atoms with van der Waals surface area (Å²) in [6, 6.07) is -0.290. The van der Waals surface area contributed by atoms with Crippen molar-refractivity contribution in [3.05, 3.63) is 0 Å². The maximum atomic E-state index is 12.4. The van der Waals surface area contributed by atoms with Crippen LogP contribution < -0.4 is 5.32 Å². The minimum Gasteiger partial charge on any atom is -0.396 e. The summed E-state index contributed by atoms with van der Waals surface area (Å²) in [5, 5.41) is 11.7. The lowest BCUT2D eigenvalue weighted by atomic mass is 9.73. The van der Waals surface area contributed by atoms with Gasteiger partial charge in [0.05, 0.1) is 0 Å². The fourth-order valence-corrected chi connectivity index (χ4v) is 3.25. The number of nitrogens with one attached hydrogen (secondary N) is 1. The van der Waals surface area contributed by atoms with Crippen molar-refractivity contribution < 1.29 is 14.7 Å². The van der Waals surface area contributed by atoms with Crippen molar-refractivity contribution in [3.8, 4) is 0 Å². The first-order valence-corrected chi connectivity index (χ1v) is 7.25. The molecule has 0 aromatic heterocycles. The molecule has 19 heavy (non-hydrogen) atoms. The molecular formula is C14H24N2O3. The Balaban J connectivity index is 2.02. The van der Waals surface area contributed by atoms with Crippen molar-refractivity contribution in [2.45, 2.75) is 51.5 Å². The maximum absolute atomic E-state index is 12.4. The normalized spacial score (nSPS) is 31.4. The second kappa shape index (κ2) is 5.49. The van der Waals surface area contributed by atoms with Crippen LogP contribution in [0.3, 0.4) is 0 Å². The SMILES string of the molecule is CC(C)C1CCC2(CC1)NC(=O)N(CCCO)C2=O. The summed E-state index contributed by atoms with van der Waals surface area (Å²) in [5.74, 6) is 1.20. The third-order valence-electron chi connectivity index (χ3n) is 4.61. The van der Waals surface area contributed by atoms with E-state index in [2.05, 4.69) is 19.2 Å². The highest BCUT2D eigenvalue weighted by Crippen LogP contribution is 2.39. The molecule has 0 atom stereocenters. The Morgan fingerprint density at radius 2 is 2.00 bits per heavy atom. The van der Waals surface area contributed by atoms with Crippen LogP contribution in [-0.4, -0.2) is 40.6 Å². The second-order valence-corrected chi connectivity index (χ2v) is 6.13. The topological polar surface area (TPSA) is 69.6 Å². The summed E-state index contributed by atoms with van der Waals surface area (Å²) in [4.78, 5) is 25.6. The van der Waals surface area contributed by atoms with E-state index in [1.54, 1.807) is 0 Å². The zero-order valence-corrected chi connectivity index (χ0v) is 11.8. The number of carbonyl (C=O) groups is 2. The van der Waals surface area contributed by atoms with Gasteiger partial charge in [0.1, 0.15) is 5.54 Å². The molecule has 2 fully saturated rings. The van der Waals surface area contributed by atoms with Gasteiger partial charge >= 0.3 is 6.03 Å². The standard InChI is InChI=1S/C14H24N2O3/c1-10(2)11-4-6-14(7-5-11)12(18)16(8-3-9-17)13(19)15-14/h10-11,17H,3-9H2,1-2H3,(H,15,19). The predicted octanol–water partition coefficient (Wildman–Crippen LogP) is 1.51. The Morgan fingerprint density at radius 3 is 2.53 bits per heavy atom. The number of amides is 3. The van der Waals surface area contributed by atoms with E-state index >= 15 is 0 Å². The molecule has 2 rings (SSSR count). The fraction of sp³-hybridized carbons (Fsp3) is 0.857. The van der Waals surface area contributed by atoms with E-state index in [1.165, 1.54) is 4.90 Å². The van der Waals surface area contributed by atoms with Crippen LogP contribution in [0.2, 0.25) is 0 Å². The Labute approximate surface area is 114 Å². The van der Waals surface area contributed by atoms with Gasteiger partial charge in [-0.25, -0.2) is 4.79 Å². The summed E-state index contributed by atoms with van der Waals surface area (Å²) in [7, 11) is 0. The molecule has 2 aliphatic rings. The molecule has 1 aliphatic carbocycles. The van der Waals surface area contributed by atoms with Gasteiger partial charge in [-0.05, 0) is 43.9 Å². The van der Waals surface area contributed by atoms with Crippen LogP contribution in [0.15, 0.2) is 0 Å². The van der Waals surface area contributed by atoms with Crippen LogP contribution in [0.1, 0.15) is 46.0 Å². The van der Waals surface area contributed by atoms with Gasteiger partial charge in [0, 0.05) is 13.2 Å². The van der Waals surface area contributed by atoms with Gasteiger partial charge in [-0.15, -0.1) is 0 Å². The Bertz CT molecular complexity index is 360. The van der Waals surface area contributed by atoms with Crippen LogP contribution >= 0.6 is 0 Å². The molecule has 5 heteroatoms. The molecule has 1 saturated carbocycles. The zero-order chi connectivity index (χ0) is 14.0. The lowest BCUT2D eigenvalue weighted by molar-refractivity contribution is -0.133. The van der Waals surface area contributed by atoms with E-state index < -0.39 is 5.54 Å². The summed E-state index contributed by atoms with van der Waals surface area (Å²) in [5.41, 5.74) is -0.655. The molecule has 0 aromatic carbocycles. The number of aliphatic hydroxyl groups excluding tert-OH is 1. The minimum absolute atomic E-state index is 0.000512. The van der Waals surface area contributed by atoms with Crippen LogP contribution in [0.4, 0.5) is 4.79 Å². The molecule has 0 unspecified atom stereocenters. The smallest absolute Gasteiger partial charge is 0.325 e. The first kappa shape index (κ1) is 14.3. The number of urea groups is 1. The molecule has 1 heterocycles. The van der Waals surface area contributed by atoms with Crippen molar-refractivity contribution in [3.63, 3.8) is 0 Å². The molecule has 2 N–H and O–H groups in total. The molecule has 108 valence electrons. The van der Waals surface area contributed by atoms with E-state index in [4.69, 9.17) is 5.11 Å². The summed E-state index contributed by atoms with van der Waals surface area (Å²) < 4.78 is 0. The number of hydrogen-bond acceptors (Lipinski definition) is 3. The van der Waals surface area contributed by atoms with E-state index in [-0.39, 0.29) is 18.5 Å². The highest BCUT2D eigenvalue weighted by Gasteiger charge is 2.52. The summed E-state index contributed by atoms with van der Waals surface area (Å²) in [6.07, 6.45) is 3.94. The number of imide groups is 1. The van der Waals surface area contributed by atoms with E-state index in [1.807, 2.05) is 0 Å². The quantitative estimate of drug-likeness (QED) is 0.759. The number of hydrogen-bond donors (Lipinski definition) is 2. The second-order valence-electron chi connectivity index (χ2n) is 6.13. The predicted molar refractivity (Wildman–Crippen MR) is 71.5 cm³/mol. The van der Waals surface area contributed by atoms with Gasteiger partial charge in [0.15, 0.2) is 0 Å². The number of nitrogens with zero attached hydrogens (tertiary/aromatic N) is 1. The third-order valence-corrected chi connectivity index (χ3v) is 4.61. The number of rotatable bonds is 4. The molecule has 0 radical (unpaired) electrons. The first-order chi connectivity index (χ1) is 9.00. The highest BCUT2D eigenvalue weighted by molar-refractivity contribution is 6.07. The largest absolute Gasteiger partial charge is 0.396 e. The lowest BCUT2D eigenvalue weighted by Crippen LogP contribution is -2.50. The average Bonchev–Trinajstić information content (AvgIpc) is 2.60. The molecule has 1 aliphatic heterocycles. The van der Waals surface area contributed by atoms with Crippen LogP contribution in [0, 0.1) is 11.8 Å². The van der Waals surface area contributed by atoms with E-state index in [9.17, 15) is 9.59 Å². The van der Waals surface area contributed by atoms with Crippen molar-refractivity contribution in [1.29, 1.82) is 0 Å². The first-order valence-electron chi connectivity index (χ1n) is 7.25. The van der Waals surface area contributed by atoms with Crippen LogP contribution in [0.25, 0.3) is 0 Å². The maximum Gasteiger partial charge on any atom is 0.325 e. The van der Waals surface area contributed by atoms with Gasteiger partial charge in [0.25, 0.3) is 5.91 Å². The molecule has 1 spiro atoms. The van der Waals surface area contributed by atoms with Gasteiger partial charge in [-0.1, -0.05) is 13.8 Å². The van der Waals surface area contributed by atoms with E-state index in [0.29, 0.717) is 24.8 Å². The molecule has 5 nitrogen and oxygen atoms in total. The van der Waals surface area contributed by atoms with Crippen molar-refractivity contribution in [1.82, 2.24) is 10.2 Å². The molecule has 0 aromatic rings. The van der Waals surface area contributed by atoms with Crippen molar-refractivity contribution in [2.75, 3.05) is 13.2 Å². The van der Waals surface area contributed by atoms with Crippen molar-refractivity contribution in [2.24, 2.45) is 11.8 Å².